The van der Waals surface area contributed by atoms with Gasteiger partial charge in [0, 0.05) is 42.5 Å². The molecule has 3 fully saturated rings. The van der Waals surface area contributed by atoms with Crippen LogP contribution in [-0.2, 0) is 49.0 Å². The summed E-state index contributed by atoms with van der Waals surface area (Å²) in [5.41, 5.74) is 3.87. The van der Waals surface area contributed by atoms with Crippen LogP contribution in [0, 0.1) is 17.8 Å². The van der Waals surface area contributed by atoms with Gasteiger partial charge in [-0.3, -0.25) is 19.2 Å². The Bertz CT molecular complexity index is 2450. The Morgan fingerprint density at radius 1 is 0.864 bits per heavy atom. The van der Waals surface area contributed by atoms with E-state index in [1.54, 1.807) is 16.9 Å². The van der Waals surface area contributed by atoms with Crippen molar-refractivity contribution in [1.82, 2.24) is 15.5 Å². The van der Waals surface area contributed by atoms with Crippen molar-refractivity contribution in [3.05, 3.63) is 113 Å². The van der Waals surface area contributed by atoms with Crippen molar-refractivity contribution in [2.75, 3.05) is 55.4 Å². The Morgan fingerprint density at radius 3 is 2.17 bits per heavy atom. The molecule has 66 heavy (non-hydrogen) atoms. The molecule has 5 N–H and O–H groups in total. The molecule has 348 valence electrons. The second kappa shape index (κ2) is 19.1. The number of hydrogen-bond donors (Lipinski definition) is 5. The van der Waals surface area contributed by atoms with Crippen LogP contribution in [0.2, 0.25) is 18.6 Å². The molecule has 1 spiro atoms. The number of hydrogen-bond acceptors (Lipinski definition) is 9. The molecule has 2 unspecified atom stereocenters. The lowest BCUT2D eigenvalue weighted by Gasteiger charge is -2.39. The number of piperidine rings is 2. The second-order valence-corrected chi connectivity index (χ2v) is 24.3. The zero-order valence-corrected chi connectivity index (χ0v) is 39.6. The topological polar surface area (TPSA) is 162 Å². The molecule has 0 saturated carbocycles. The van der Waals surface area contributed by atoms with Gasteiger partial charge in [-0.2, -0.15) is 0 Å². The molecule has 4 aromatic carbocycles. The Morgan fingerprint density at radius 2 is 1.53 bits per heavy atom. The van der Waals surface area contributed by atoms with Gasteiger partial charge in [-0.15, -0.1) is 0 Å². The minimum Gasteiger partial charge on any atom is -0.497 e. The molecule has 3 saturated heterocycles. The summed E-state index contributed by atoms with van der Waals surface area (Å²) in [5.74, 6) is -0.414. The highest BCUT2D eigenvalue weighted by molar-refractivity contribution is 6.91. The first-order valence-electron chi connectivity index (χ1n) is 23.8. The second-order valence-electron chi connectivity index (χ2n) is 19.6. The molecule has 4 aromatic rings. The van der Waals surface area contributed by atoms with Crippen LogP contribution in [0.1, 0.15) is 61.3 Å². The number of methoxy groups -OCH3 is 1. The Kier molecular flexibility index (Phi) is 13.2. The van der Waals surface area contributed by atoms with Gasteiger partial charge in [-0.25, -0.2) is 0 Å². The lowest BCUT2D eigenvalue weighted by Crippen LogP contribution is -2.52. The average Bonchev–Trinajstić information content (AvgIpc) is 3.76. The van der Waals surface area contributed by atoms with E-state index in [9.17, 15) is 19.5 Å². The maximum atomic E-state index is 15.8. The number of carbonyl (C=O) groups is 4. The van der Waals surface area contributed by atoms with E-state index >= 15 is 4.79 Å². The predicted molar refractivity (Wildman–Crippen MR) is 258 cm³/mol. The number of aliphatic hydroxyl groups is 1. The van der Waals surface area contributed by atoms with Gasteiger partial charge in [0.25, 0.3) is 5.91 Å². The van der Waals surface area contributed by atoms with E-state index < -0.39 is 25.7 Å². The van der Waals surface area contributed by atoms with Crippen molar-refractivity contribution in [2.45, 2.75) is 94.9 Å². The molecule has 0 aromatic heterocycles. The van der Waals surface area contributed by atoms with Crippen molar-refractivity contribution in [3.63, 3.8) is 0 Å². The molecule has 0 radical (unpaired) electrons. The van der Waals surface area contributed by atoms with Crippen molar-refractivity contribution in [3.8, 4) is 5.75 Å². The van der Waals surface area contributed by atoms with E-state index in [0.29, 0.717) is 48.7 Å². The largest absolute Gasteiger partial charge is 0.497 e. The third-order valence-electron chi connectivity index (χ3n) is 15.2. The van der Waals surface area contributed by atoms with Crippen LogP contribution in [0.4, 0.5) is 17.1 Å². The third-order valence-corrected chi connectivity index (χ3v) is 19.6. The van der Waals surface area contributed by atoms with Gasteiger partial charge in [-0.1, -0.05) is 73.7 Å². The minimum absolute atomic E-state index is 0.0218. The molecule has 5 aliphatic rings. The standard InChI is InChI=1S/C52H64N6O7Si/c1-33-48(66(3,4)43-19-17-42(64-2)18-20-43)46(27-47(60)57-31-38-12-6-5-11-35(38)25-41(57)32-59)65-52(33)44-26-40(56-50(62)37-14-9-23-54-29-37)16-21-45(44)58(51(52)63)30-34-10-7-15-39(24-34)55-49(61)36-13-8-22-53-28-36/h5-7,10-12,15-21,24,26,33,36-37,41,46,48,53-54,59H,8-9,13-14,22-23,25,27-32H2,1-4H3,(H,55,61)(H,56,62)/t33-,36?,37?,41+,46+,48-,52+/m1/s1. The lowest BCUT2D eigenvalue weighted by atomic mass is 9.82. The first-order chi connectivity index (χ1) is 31.9. The van der Waals surface area contributed by atoms with E-state index in [1.807, 2.05) is 72.8 Å². The van der Waals surface area contributed by atoms with Crippen molar-refractivity contribution in [2.24, 2.45) is 17.8 Å². The smallest absolute Gasteiger partial charge is 0.264 e. The van der Waals surface area contributed by atoms with Crippen LogP contribution in [0.3, 0.4) is 0 Å². The molecule has 5 heterocycles. The molecule has 0 bridgehead atoms. The van der Waals surface area contributed by atoms with Crippen molar-refractivity contribution in [1.29, 1.82) is 0 Å². The Balaban J connectivity index is 1.10. The van der Waals surface area contributed by atoms with Gasteiger partial charge in [0.05, 0.1) is 64.4 Å². The maximum Gasteiger partial charge on any atom is 0.264 e. The van der Waals surface area contributed by atoms with Gasteiger partial charge in [0.1, 0.15) is 5.75 Å². The Labute approximate surface area is 389 Å². The van der Waals surface area contributed by atoms with Crippen LogP contribution in [0.15, 0.2) is 91.0 Å². The van der Waals surface area contributed by atoms with Crippen molar-refractivity contribution < 1.29 is 33.8 Å². The minimum atomic E-state index is -2.64. The van der Waals surface area contributed by atoms with Gasteiger partial charge in [-0.05, 0) is 110 Å². The van der Waals surface area contributed by atoms with Gasteiger partial charge >= 0.3 is 0 Å². The molecule has 9 rings (SSSR count). The summed E-state index contributed by atoms with van der Waals surface area (Å²) >= 11 is 0. The van der Waals surface area contributed by atoms with Crippen LogP contribution < -0.4 is 36.1 Å². The first kappa shape index (κ1) is 45.8. The van der Waals surface area contributed by atoms with Crippen LogP contribution in [0.5, 0.6) is 5.75 Å². The highest BCUT2D eigenvalue weighted by Gasteiger charge is 2.66. The molecule has 7 atom stereocenters. The average molecular weight is 913 g/mol. The lowest BCUT2D eigenvalue weighted by molar-refractivity contribution is -0.151. The van der Waals surface area contributed by atoms with E-state index in [4.69, 9.17) is 9.47 Å². The van der Waals surface area contributed by atoms with E-state index in [-0.39, 0.29) is 66.6 Å². The summed E-state index contributed by atoms with van der Waals surface area (Å²) in [5, 5.41) is 24.7. The number of rotatable bonds is 12. The monoisotopic (exact) mass is 912 g/mol. The number of nitrogens with zero attached hydrogens (tertiary/aromatic N) is 2. The summed E-state index contributed by atoms with van der Waals surface area (Å²) in [7, 11) is -0.994. The molecule has 4 amide bonds. The summed E-state index contributed by atoms with van der Waals surface area (Å²) in [6.45, 7) is 10.1. The Hall–Kier alpha value is -5.38. The summed E-state index contributed by atoms with van der Waals surface area (Å²) in [4.78, 5) is 61.2. The first-order valence-corrected chi connectivity index (χ1v) is 26.9. The van der Waals surface area contributed by atoms with Gasteiger partial charge in [0.15, 0.2) is 5.60 Å². The van der Waals surface area contributed by atoms with Crippen molar-refractivity contribution >= 4 is 54.0 Å². The fourth-order valence-electron chi connectivity index (χ4n) is 11.6. The summed E-state index contributed by atoms with van der Waals surface area (Å²) < 4.78 is 13.0. The number of aliphatic hydroxyl groups excluding tert-OH is 1. The van der Waals surface area contributed by atoms with Crippen LogP contribution in [0.25, 0.3) is 0 Å². The quantitative estimate of drug-likeness (QED) is 0.113. The van der Waals surface area contributed by atoms with Gasteiger partial charge in [0.2, 0.25) is 17.7 Å². The zero-order chi connectivity index (χ0) is 46.2. The predicted octanol–water partition coefficient (Wildman–Crippen LogP) is 5.67. The molecule has 13 nitrogen and oxygen atoms in total. The van der Waals surface area contributed by atoms with E-state index in [1.165, 1.54) is 0 Å². The normalized spacial score (nSPS) is 26.2. The fourth-order valence-corrected chi connectivity index (χ4v) is 15.7. The number of ether oxygens (including phenoxy) is 2. The number of benzene rings is 4. The van der Waals surface area contributed by atoms with E-state index in [0.717, 1.165) is 66.4 Å². The molecule has 14 heteroatoms. The van der Waals surface area contributed by atoms with Gasteiger partial charge < -0.3 is 45.6 Å². The molecule has 5 aliphatic heterocycles. The zero-order valence-electron chi connectivity index (χ0n) is 38.6. The number of fused-ring (bicyclic) bond motifs is 3. The van der Waals surface area contributed by atoms with Crippen LogP contribution >= 0.6 is 0 Å². The number of carbonyl (C=O) groups excluding carboxylic acids is 4. The summed E-state index contributed by atoms with van der Waals surface area (Å²) in [6.07, 6.45) is 3.40. The molecular weight excluding hydrogens is 849 g/mol. The number of anilines is 3. The fraction of sp³-hybridized carbons (Fsp3) is 0.462. The summed E-state index contributed by atoms with van der Waals surface area (Å²) in [6, 6.07) is 29.2. The molecular formula is C52H64N6O7Si. The number of nitrogens with one attached hydrogen (secondary N) is 4. The maximum absolute atomic E-state index is 15.8. The van der Waals surface area contributed by atoms with Crippen LogP contribution in [-0.4, -0.2) is 93.8 Å². The SMILES string of the molecule is COc1ccc([Si](C)(C)[C@H]2[C@H](CC(=O)N3Cc4ccccc4C[C@H]3CO)O[C@@]3(C(=O)N(Cc4cccc(NC(=O)C5CCCNC5)c4)c4ccc(NC(=O)C5CCCNC5)cc43)[C@@H]2C)cc1. The highest BCUT2D eigenvalue weighted by Crippen LogP contribution is 2.60. The number of amides is 4. The molecule has 0 aliphatic carbocycles. The van der Waals surface area contributed by atoms with E-state index in [2.05, 4.69) is 59.5 Å². The highest BCUT2D eigenvalue weighted by atomic mass is 28.3. The third kappa shape index (κ3) is 8.69.